The molecule has 1 N–H and O–H groups in total. The van der Waals surface area contributed by atoms with Crippen LogP contribution in [0.25, 0.3) is 33.9 Å². The van der Waals surface area contributed by atoms with Gasteiger partial charge in [0.2, 0.25) is 5.82 Å². The summed E-state index contributed by atoms with van der Waals surface area (Å²) in [6, 6.07) is 13.4. The van der Waals surface area contributed by atoms with E-state index in [1.807, 2.05) is 56.3 Å². The number of nitrogens with zero attached hydrogens (tertiary/aromatic N) is 3. The van der Waals surface area contributed by atoms with Crippen LogP contribution >= 0.6 is 15.9 Å². The molecule has 0 aliphatic rings. The smallest absolute Gasteiger partial charge is 0.326 e. The van der Waals surface area contributed by atoms with Gasteiger partial charge in [-0.1, -0.05) is 21.1 Å². The number of fused-ring (bicyclic) bond motifs is 1. The Bertz CT molecular complexity index is 1110. The van der Waals surface area contributed by atoms with Crippen molar-refractivity contribution in [3.63, 3.8) is 0 Å². The largest absolute Gasteiger partial charge is 0.334 e. The first kappa shape index (κ1) is 15.8. The standard InChI is InChI=1S/C18H15BrN4O2/c1-10(2)23-15-8-5-12(9-14(15)20-18(23)24)16-21-17(25-22-16)11-3-6-13(19)7-4-11/h3-10H,1-2H3,(H,20,24). The molecule has 6 nitrogen and oxygen atoms in total. The molecule has 4 rings (SSSR count). The van der Waals surface area contributed by atoms with Gasteiger partial charge in [0, 0.05) is 21.6 Å². The van der Waals surface area contributed by atoms with Crippen LogP contribution in [-0.4, -0.2) is 19.7 Å². The number of hydrogen-bond acceptors (Lipinski definition) is 4. The van der Waals surface area contributed by atoms with E-state index in [0.29, 0.717) is 11.7 Å². The van der Waals surface area contributed by atoms with E-state index in [1.54, 1.807) is 4.57 Å². The summed E-state index contributed by atoms with van der Waals surface area (Å²) in [6.45, 7) is 3.96. The lowest BCUT2D eigenvalue weighted by atomic mass is 10.2. The van der Waals surface area contributed by atoms with Gasteiger partial charge in [-0.25, -0.2) is 4.79 Å². The van der Waals surface area contributed by atoms with E-state index in [9.17, 15) is 4.79 Å². The maximum Gasteiger partial charge on any atom is 0.326 e. The van der Waals surface area contributed by atoms with E-state index in [0.717, 1.165) is 26.6 Å². The molecule has 0 fully saturated rings. The first-order valence-electron chi connectivity index (χ1n) is 7.87. The van der Waals surface area contributed by atoms with Gasteiger partial charge in [0.1, 0.15) is 0 Å². The summed E-state index contributed by atoms with van der Waals surface area (Å²) in [4.78, 5) is 19.4. The van der Waals surface area contributed by atoms with Gasteiger partial charge in [0.25, 0.3) is 5.89 Å². The summed E-state index contributed by atoms with van der Waals surface area (Å²) in [7, 11) is 0. The third kappa shape index (κ3) is 2.80. The van der Waals surface area contributed by atoms with Gasteiger partial charge in [-0.05, 0) is 56.3 Å². The van der Waals surface area contributed by atoms with Gasteiger partial charge in [0.15, 0.2) is 0 Å². The monoisotopic (exact) mass is 398 g/mol. The van der Waals surface area contributed by atoms with Crippen LogP contribution in [-0.2, 0) is 0 Å². The third-order valence-corrected chi connectivity index (χ3v) is 4.54. The summed E-state index contributed by atoms with van der Waals surface area (Å²) in [5, 5.41) is 4.06. The van der Waals surface area contributed by atoms with E-state index in [2.05, 4.69) is 31.1 Å². The van der Waals surface area contributed by atoms with E-state index in [4.69, 9.17) is 4.52 Å². The molecular weight excluding hydrogens is 384 g/mol. The predicted octanol–water partition coefficient (Wildman–Crippen LogP) is 4.39. The van der Waals surface area contributed by atoms with Gasteiger partial charge in [-0.2, -0.15) is 4.98 Å². The highest BCUT2D eigenvalue weighted by atomic mass is 79.9. The van der Waals surface area contributed by atoms with Crippen molar-refractivity contribution in [1.29, 1.82) is 0 Å². The molecule has 0 unspecified atom stereocenters. The lowest BCUT2D eigenvalue weighted by molar-refractivity contribution is 0.432. The number of rotatable bonds is 3. The quantitative estimate of drug-likeness (QED) is 0.554. The molecule has 2 aromatic carbocycles. The van der Waals surface area contributed by atoms with Crippen molar-refractivity contribution in [1.82, 2.24) is 19.7 Å². The molecule has 0 spiro atoms. The highest BCUT2D eigenvalue weighted by molar-refractivity contribution is 9.10. The molecule has 0 bridgehead atoms. The molecule has 0 radical (unpaired) electrons. The fourth-order valence-electron chi connectivity index (χ4n) is 2.83. The molecule has 0 aliphatic carbocycles. The number of aromatic nitrogens is 4. The van der Waals surface area contributed by atoms with Crippen LogP contribution in [0, 0.1) is 0 Å². The Hall–Kier alpha value is -2.67. The summed E-state index contributed by atoms with van der Waals surface area (Å²) < 4.78 is 8.08. The summed E-state index contributed by atoms with van der Waals surface area (Å²) in [5.41, 5.74) is 3.14. The Morgan fingerprint density at radius 2 is 1.84 bits per heavy atom. The molecule has 2 heterocycles. The molecule has 4 aromatic rings. The highest BCUT2D eigenvalue weighted by Gasteiger charge is 2.14. The van der Waals surface area contributed by atoms with Crippen molar-refractivity contribution in [2.24, 2.45) is 0 Å². The average molecular weight is 399 g/mol. The zero-order chi connectivity index (χ0) is 17.6. The van der Waals surface area contributed by atoms with Crippen LogP contribution in [0.3, 0.4) is 0 Å². The van der Waals surface area contributed by atoms with Gasteiger partial charge in [-0.15, -0.1) is 0 Å². The minimum atomic E-state index is -0.120. The first-order chi connectivity index (χ1) is 12.0. The normalized spacial score (nSPS) is 11.5. The van der Waals surface area contributed by atoms with Crippen LogP contribution in [0.2, 0.25) is 0 Å². The van der Waals surface area contributed by atoms with Crippen LogP contribution in [0.1, 0.15) is 19.9 Å². The number of halogens is 1. The van der Waals surface area contributed by atoms with Crippen molar-refractivity contribution in [3.8, 4) is 22.8 Å². The summed E-state index contributed by atoms with van der Waals surface area (Å²) in [5.74, 6) is 0.939. The molecule has 0 atom stereocenters. The second-order valence-electron chi connectivity index (χ2n) is 6.06. The number of aromatic amines is 1. The SMILES string of the molecule is CC(C)n1c(=O)[nH]c2cc(-c3noc(-c4ccc(Br)cc4)n3)ccc21. The Kier molecular flexibility index (Phi) is 3.80. The molecule has 7 heteroatoms. The van der Waals surface area contributed by atoms with Crippen LogP contribution < -0.4 is 5.69 Å². The summed E-state index contributed by atoms with van der Waals surface area (Å²) >= 11 is 3.40. The maximum atomic E-state index is 12.1. The molecule has 0 amide bonds. The molecule has 126 valence electrons. The average Bonchev–Trinajstić information content (AvgIpc) is 3.18. The van der Waals surface area contributed by atoms with Crippen molar-refractivity contribution in [3.05, 3.63) is 57.4 Å². The topological polar surface area (TPSA) is 76.7 Å². The number of H-pyrrole nitrogens is 1. The van der Waals surface area contributed by atoms with Crippen LogP contribution in [0.5, 0.6) is 0 Å². The molecule has 0 saturated carbocycles. The Morgan fingerprint density at radius 1 is 1.12 bits per heavy atom. The third-order valence-electron chi connectivity index (χ3n) is 4.01. The van der Waals surface area contributed by atoms with E-state index in [-0.39, 0.29) is 11.7 Å². The number of benzene rings is 2. The predicted molar refractivity (Wildman–Crippen MR) is 99.4 cm³/mol. The van der Waals surface area contributed by atoms with Crippen molar-refractivity contribution < 1.29 is 4.52 Å². The number of nitrogens with one attached hydrogen (secondary N) is 1. The number of imidazole rings is 1. The minimum absolute atomic E-state index is 0.0845. The van der Waals surface area contributed by atoms with Crippen molar-refractivity contribution >= 4 is 27.0 Å². The molecule has 0 saturated heterocycles. The highest BCUT2D eigenvalue weighted by Crippen LogP contribution is 2.26. The molecule has 2 aromatic heterocycles. The Labute approximate surface area is 151 Å². The van der Waals surface area contributed by atoms with E-state index < -0.39 is 0 Å². The van der Waals surface area contributed by atoms with Crippen LogP contribution in [0.4, 0.5) is 0 Å². The van der Waals surface area contributed by atoms with Gasteiger partial charge >= 0.3 is 5.69 Å². The Balaban J connectivity index is 1.75. The zero-order valence-corrected chi connectivity index (χ0v) is 15.2. The zero-order valence-electron chi connectivity index (χ0n) is 13.7. The lowest BCUT2D eigenvalue weighted by Gasteiger charge is -2.06. The Morgan fingerprint density at radius 3 is 2.56 bits per heavy atom. The molecular formula is C18H15BrN4O2. The van der Waals surface area contributed by atoms with E-state index >= 15 is 0 Å². The van der Waals surface area contributed by atoms with Crippen LogP contribution in [0.15, 0.2) is 56.3 Å². The van der Waals surface area contributed by atoms with Gasteiger partial charge < -0.3 is 9.51 Å². The van der Waals surface area contributed by atoms with Crippen molar-refractivity contribution in [2.45, 2.75) is 19.9 Å². The lowest BCUT2D eigenvalue weighted by Crippen LogP contribution is -2.18. The fraction of sp³-hybridized carbons (Fsp3) is 0.167. The van der Waals surface area contributed by atoms with Gasteiger partial charge in [-0.3, -0.25) is 4.57 Å². The maximum absolute atomic E-state index is 12.1. The second kappa shape index (κ2) is 6.00. The summed E-state index contributed by atoms with van der Waals surface area (Å²) in [6.07, 6.45) is 0. The van der Waals surface area contributed by atoms with E-state index in [1.165, 1.54) is 0 Å². The fourth-order valence-corrected chi connectivity index (χ4v) is 3.10. The van der Waals surface area contributed by atoms with Crippen molar-refractivity contribution in [2.75, 3.05) is 0 Å². The molecule has 25 heavy (non-hydrogen) atoms. The molecule has 0 aliphatic heterocycles. The number of hydrogen-bond donors (Lipinski definition) is 1. The first-order valence-corrected chi connectivity index (χ1v) is 8.66. The van der Waals surface area contributed by atoms with Gasteiger partial charge in [0.05, 0.1) is 11.0 Å². The minimum Gasteiger partial charge on any atom is -0.334 e. The second-order valence-corrected chi connectivity index (χ2v) is 6.97.